The molecular formula is C27H41N6O6+. The number of hydrogen-bond acceptors (Lipinski definition) is 6. The van der Waals surface area contributed by atoms with Gasteiger partial charge in [-0.3, -0.25) is 24.6 Å². The molecule has 2 aromatic heterocycles. The minimum atomic E-state index is -1.06. The van der Waals surface area contributed by atoms with Crippen molar-refractivity contribution in [2.75, 3.05) is 6.54 Å². The number of hydrazine groups is 1. The second-order valence-corrected chi connectivity index (χ2v) is 10.2. The van der Waals surface area contributed by atoms with E-state index in [-0.39, 0.29) is 29.8 Å². The number of unbranched alkanes of at least 4 members (excludes halogenated alkanes) is 2. The molecule has 3 heterocycles. The number of rotatable bonds is 13. The first kappa shape index (κ1) is 30.0. The Morgan fingerprint density at radius 2 is 1.97 bits per heavy atom. The number of hydroxylamine groups is 1. The predicted molar refractivity (Wildman–Crippen MR) is 140 cm³/mol. The van der Waals surface area contributed by atoms with Gasteiger partial charge < -0.3 is 10.4 Å². The molecule has 1 fully saturated rings. The number of aromatic nitrogens is 2. The Kier molecular flexibility index (Phi) is 10.8. The molecule has 0 aromatic carbocycles. The van der Waals surface area contributed by atoms with Crippen LogP contribution in [0.1, 0.15) is 94.4 Å². The van der Waals surface area contributed by atoms with Crippen LogP contribution in [-0.4, -0.2) is 56.1 Å². The van der Waals surface area contributed by atoms with Gasteiger partial charge in [-0.15, -0.1) is 4.52 Å². The Morgan fingerprint density at radius 1 is 1.21 bits per heavy atom. The van der Waals surface area contributed by atoms with Crippen molar-refractivity contribution in [1.29, 1.82) is 0 Å². The molecule has 0 radical (unpaired) electrons. The van der Waals surface area contributed by atoms with Crippen molar-refractivity contribution in [2.24, 2.45) is 11.8 Å². The summed E-state index contributed by atoms with van der Waals surface area (Å²) in [6.45, 7) is 6.60. The van der Waals surface area contributed by atoms with Gasteiger partial charge in [0.15, 0.2) is 0 Å². The van der Waals surface area contributed by atoms with Crippen LogP contribution in [0.15, 0.2) is 30.6 Å². The topological polar surface area (TPSA) is 157 Å². The lowest BCUT2D eigenvalue weighted by Crippen LogP contribution is -2.60. The number of hydrogen-bond donors (Lipinski definition) is 5. The first-order valence-electron chi connectivity index (χ1n) is 13.8. The molecule has 0 spiro atoms. The fourth-order valence-electron chi connectivity index (χ4n) is 5.11. The maximum atomic E-state index is 13.7. The van der Waals surface area contributed by atoms with Crippen molar-refractivity contribution < 1.29 is 34.0 Å². The van der Waals surface area contributed by atoms with E-state index in [1.807, 2.05) is 20.8 Å². The van der Waals surface area contributed by atoms with Crippen LogP contribution in [0.4, 0.5) is 0 Å². The largest absolute Gasteiger partial charge is 0.473 e. The molecule has 39 heavy (non-hydrogen) atoms. The zero-order valence-corrected chi connectivity index (χ0v) is 22.9. The highest BCUT2D eigenvalue weighted by molar-refractivity contribution is 5.90. The maximum absolute atomic E-state index is 13.7. The number of carboxylic acid groups (broad SMARTS) is 1. The minimum Gasteiger partial charge on any atom is -0.473 e. The van der Waals surface area contributed by atoms with E-state index >= 15 is 0 Å². The Bertz CT molecular complexity index is 1170. The molecule has 1 saturated heterocycles. The maximum Gasteiger partial charge on any atom is 0.404 e. The van der Waals surface area contributed by atoms with Crippen LogP contribution >= 0.6 is 0 Å². The Morgan fingerprint density at radius 3 is 2.64 bits per heavy atom. The van der Waals surface area contributed by atoms with E-state index in [1.165, 1.54) is 15.6 Å². The number of fused-ring (bicyclic) bond motifs is 1. The zero-order chi connectivity index (χ0) is 28.5. The average molecular weight is 546 g/mol. The van der Waals surface area contributed by atoms with Gasteiger partial charge in [0.25, 0.3) is 0 Å². The summed E-state index contributed by atoms with van der Waals surface area (Å²) in [6.07, 6.45) is 8.23. The van der Waals surface area contributed by atoms with E-state index in [1.54, 1.807) is 34.5 Å². The van der Waals surface area contributed by atoms with Gasteiger partial charge in [-0.25, -0.2) is 15.7 Å². The second kappa shape index (κ2) is 14.0. The van der Waals surface area contributed by atoms with Gasteiger partial charge in [0.2, 0.25) is 23.9 Å². The number of nitrogens with one attached hydrogen (secondary N) is 3. The molecule has 4 atom stereocenters. The number of carboxylic acids is 1. The van der Waals surface area contributed by atoms with Crippen molar-refractivity contribution in [2.45, 2.75) is 84.2 Å². The number of carbonyl (C=O) groups excluding carboxylic acids is 3. The summed E-state index contributed by atoms with van der Waals surface area (Å²) in [7, 11) is 0. The monoisotopic (exact) mass is 545 g/mol. The summed E-state index contributed by atoms with van der Waals surface area (Å²) in [5, 5.41) is 23.1. The molecule has 0 bridgehead atoms. The quantitative estimate of drug-likeness (QED) is 0.112. The van der Waals surface area contributed by atoms with Gasteiger partial charge >= 0.3 is 11.7 Å². The van der Waals surface area contributed by atoms with Gasteiger partial charge in [0, 0.05) is 31.0 Å². The molecule has 12 nitrogen and oxygen atoms in total. The number of nitrogens with zero attached hydrogens (tertiary/aromatic N) is 3. The number of amides is 3. The van der Waals surface area contributed by atoms with Crippen molar-refractivity contribution in [1.82, 2.24) is 25.7 Å². The Labute approximate surface area is 228 Å². The molecule has 4 unspecified atom stereocenters. The minimum absolute atomic E-state index is 0.0110. The second-order valence-electron chi connectivity index (χ2n) is 10.2. The molecular weight excluding hydrogens is 504 g/mol. The Balaban J connectivity index is 1.87. The number of carbonyl (C=O) groups is 4. The van der Waals surface area contributed by atoms with Gasteiger partial charge in [-0.05, 0) is 31.2 Å². The normalized spacial score (nSPS) is 17.8. The van der Waals surface area contributed by atoms with Crippen LogP contribution in [0.3, 0.4) is 0 Å². The molecule has 12 heteroatoms. The standard InChI is InChI=1S/C27H40N6O6/c1-4-6-7-10-19(17-23(34)30-39)26(36)33-21(11-8-14-28-33)25(35)29-24(18(3)5-2)20-13-16-32-22(27(37)38)12-9-15-31(20)32/h9,12-13,15-16,18-19,21,24,28H,4-8,10-11,14,17H2,1-3H3,(H3-,29,30,34,35,37,38,39)/p+1. The first-order valence-corrected chi connectivity index (χ1v) is 13.8. The highest BCUT2D eigenvalue weighted by atomic mass is 16.5. The molecule has 2 aromatic rings. The van der Waals surface area contributed by atoms with E-state index in [0.717, 1.165) is 31.4 Å². The highest BCUT2D eigenvalue weighted by Crippen LogP contribution is 2.26. The van der Waals surface area contributed by atoms with E-state index < -0.39 is 29.9 Å². The zero-order valence-electron chi connectivity index (χ0n) is 22.9. The summed E-state index contributed by atoms with van der Waals surface area (Å²) in [6, 6.07) is 3.73. The lowest BCUT2D eigenvalue weighted by atomic mass is 9.93. The fraction of sp³-hybridized carbons (Fsp3) is 0.593. The summed E-state index contributed by atoms with van der Waals surface area (Å²) in [5.74, 6) is -3.03. The lowest BCUT2D eigenvalue weighted by molar-refractivity contribution is -0.621. The molecule has 3 amide bonds. The van der Waals surface area contributed by atoms with E-state index in [0.29, 0.717) is 25.8 Å². The molecule has 1 aliphatic rings. The van der Waals surface area contributed by atoms with Crippen molar-refractivity contribution in [3.05, 3.63) is 42.0 Å². The fourth-order valence-corrected chi connectivity index (χ4v) is 5.11. The predicted octanol–water partition coefficient (Wildman–Crippen LogP) is 2.01. The molecule has 5 N–H and O–H groups in total. The molecule has 0 aliphatic carbocycles. The van der Waals surface area contributed by atoms with Crippen LogP contribution < -0.4 is 20.7 Å². The molecule has 0 saturated carbocycles. The van der Waals surface area contributed by atoms with Crippen molar-refractivity contribution in [3.8, 4) is 0 Å². The lowest BCUT2D eigenvalue weighted by Gasteiger charge is -2.38. The summed E-state index contributed by atoms with van der Waals surface area (Å²) >= 11 is 0. The van der Waals surface area contributed by atoms with E-state index in [2.05, 4.69) is 10.7 Å². The smallest absolute Gasteiger partial charge is 0.404 e. The van der Waals surface area contributed by atoms with E-state index in [4.69, 9.17) is 5.21 Å². The third kappa shape index (κ3) is 7.12. The third-order valence-corrected chi connectivity index (χ3v) is 7.51. The number of aromatic carboxylic acids is 1. The van der Waals surface area contributed by atoms with Gasteiger partial charge in [0.1, 0.15) is 11.7 Å². The van der Waals surface area contributed by atoms with Crippen LogP contribution in [0.2, 0.25) is 0 Å². The molecule has 3 rings (SSSR count). The first-order chi connectivity index (χ1) is 18.7. The SMILES string of the molecule is CCCCCC(CC(=O)NO)C(=O)N1NCCCC1C(=O)NC(c1cc[n+]2c(C(=O)O)cccn12)C(C)CC. The Hall–Kier alpha value is -3.51. The van der Waals surface area contributed by atoms with Gasteiger partial charge in [-0.2, -0.15) is 0 Å². The molecule has 1 aliphatic heterocycles. The average Bonchev–Trinajstić information content (AvgIpc) is 3.38. The summed E-state index contributed by atoms with van der Waals surface area (Å²) < 4.78 is 3.23. The highest BCUT2D eigenvalue weighted by Gasteiger charge is 2.38. The molecule has 214 valence electrons. The summed E-state index contributed by atoms with van der Waals surface area (Å²) in [4.78, 5) is 51.0. The van der Waals surface area contributed by atoms with Gasteiger partial charge in [0.05, 0.1) is 12.2 Å². The van der Waals surface area contributed by atoms with Crippen molar-refractivity contribution in [3.63, 3.8) is 0 Å². The summed E-state index contributed by atoms with van der Waals surface area (Å²) in [5.41, 5.74) is 5.49. The van der Waals surface area contributed by atoms with Crippen LogP contribution in [-0.2, 0) is 14.4 Å². The third-order valence-electron chi connectivity index (χ3n) is 7.51. The van der Waals surface area contributed by atoms with Crippen molar-refractivity contribution >= 4 is 23.7 Å². The van der Waals surface area contributed by atoms with Crippen LogP contribution in [0, 0.1) is 11.8 Å². The van der Waals surface area contributed by atoms with E-state index in [9.17, 15) is 24.3 Å². The van der Waals surface area contributed by atoms with Crippen LogP contribution in [0.25, 0.3) is 0 Å². The van der Waals surface area contributed by atoms with Crippen LogP contribution in [0.5, 0.6) is 0 Å². The van der Waals surface area contributed by atoms with Gasteiger partial charge in [-0.1, -0.05) is 51.0 Å².